The summed E-state index contributed by atoms with van der Waals surface area (Å²) in [4.78, 5) is 11.0. The van der Waals surface area contributed by atoms with E-state index in [0.717, 1.165) is 24.8 Å². The summed E-state index contributed by atoms with van der Waals surface area (Å²) in [7, 11) is 0. The van der Waals surface area contributed by atoms with Crippen molar-refractivity contribution in [2.75, 3.05) is 6.61 Å². The van der Waals surface area contributed by atoms with Crippen LogP contribution in [0, 0.1) is 0 Å². The van der Waals surface area contributed by atoms with E-state index in [1.807, 2.05) is 13.0 Å². The molecular weight excluding hydrogens is 227 g/mol. The van der Waals surface area contributed by atoms with Crippen LogP contribution in [-0.2, 0) is 6.42 Å². The molecule has 0 radical (unpaired) electrons. The molecule has 1 aromatic carbocycles. The second kappa shape index (κ2) is 8.56. The second-order valence-corrected chi connectivity index (χ2v) is 3.68. The van der Waals surface area contributed by atoms with Gasteiger partial charge in [-0.25, -0.2) is 0 Å². The fraction of sp³-hybridized carbons (Fsp3) is 0.462. The van der Waals surface area contributed by atoms with Crippen LogP contribution in [-0.4, -0.2) is 12.6 Å². The molecule has 88 valence electrons. The molecule has 0 saturated carbocycles. The van der Waals surface area contributed by atoms with Crippen molar-refractivity contribution in [2.24, 2.45) is 0 Å². The third-order valence-corrected chi connectivity index (χ3v) is 2.29. The second-order valence-electron chi connectivity index (χ2n) is 3.68. The van der Waals surface area contributed by atoms with Gasteiger partial charge in [0.1, 0.15) is 5.75 Å². The molecule has 0 unspecified atom stereocenters. The predicted octanol–water partition coefficient (Wildman–Crippen LogP) is -1.20. The molecule has 0 spiro atoms. The number of carboxylic acids is 1. The van der Waals surface area contributed by atoms with Gasteiger partial charge < -0.3 is 14.6 Å². The normalized spacial score (nSPS) is 9.53. The summed E-state index contributed by atoms with van der Waals surface area (Å²) in [5, 5.41) is 11.0. The molecule has 0 N–H and O–H groups in total. The molecule has 0 fully saturated rings. The Balaban J connectivity index is 0.00000256. The van der Waals surface area contributed by atoms with Crippen LogP contribution in [0.3, 0.4) is 0 Å². The van der Waals surface area contributed by atoms with Crippen molar-refractivity contribution in [3.05, 3.63) is 29.3 Å². The number of carbonyl (C=O) groups is 1. The standard InChI is InChI=1S/C13H18O3.Na/c1-3-6-10-7-5-8-11(13(14)15)12(10)16-9-4-2;/h5,7-8H,3-4,6,9H2,1-2H3,(H,14,15);/q;+1/p-1. The van der Waals surface area contributed by atoms with E-state index < -0.39 is 5.97 Å². The van der Waals surface area contributed by atoms with E-state index in [9.17, 15) is 9.90 Å². The molecule has 4 heteroatoms. The number of benzene rings is 1. The van der Waals surface area contributed by atoms with Gasteiger partial charge in [0.25, 0.3) is 0 Å². The van der Waals surface area contributed by atoms with Crippen molar-refractivity contribution in [3.8, 4) is 5.75 Å². The molecule has 1 rings (SSSR count). The van der Waals surface area contributed by atoms with Crippen LogP contribution in [0.4, 0.5) is 0 Å². The van der Waals surface area contributed by atoms with Crippen molar-refractivity contribution in [3.63, 3.8) is 0 Å². The van der Waals surface area contributed by atoms with Gasteiger partial charge in [-0.1, -0.05) is 32.4 Å². The summed E-state index contributed by atoms with van der Waals surface area (Å²) in [5.41, 5.74) is 1.09. The van der Waals surface area contributed by atoms with Crippen LogP contribution in [0.15, 0.2) is 18.2 Å². The van der Waals surface area contributed by atoms with Crippen LogP contribution in [0.25, 0.3) is 0 Å². The summed E-state index contributed by atoms with van der Waals surface area (Å²) in [6.45, 7) is 4.57. The van der Waals surface area contributed by atoms with E-state index in [-0.39, 0.29) is 35.1 Å². The fourth-order valence-electron chi connectivity index (χ4n) is 1.59. The van der Waals surface area contributed by atoms with Crippen LogP contribution in [0.1, 0.15) is 42.6 Å². The van der Waals surface area contributed by atoms with Gasteiger partial charge in [0, 0.05) is 5.56 Å². The van der Waals surface area contributed by atoms with Gasteiger partial charge in [-0.3, -0.25) is 0 Å². The van der Waals surface area contributed by atoms with Crippen molar-refractivity contribution in [1.29, 1.82) is 0 Å². The van der Waals surface area contributed by atoms with Crippen molar-refractivity contribution in [1.82, 2.24) is 0 Å². The van der Waals surface area contributed by atoms with E-state index in [1.54, 1.807) is 6.07 Å². The van der Waals surface area contributed by atoms with Crippen LogP contribution < -0.4 is 39.4 Å². The minimum Gasteiger partial charge on any atom is -0.545 e. The monoisotopic (exact) mass is 244 g/mol. The van der Waals surface area contributed by atoms with E-state index in [1.165, 1.54) is 6.07 Å². The maximum atomic E-state index is 11.0. The van der Waals surface area contributed by atoms with Gasteiger partial charge >= 0.3 is 29.6 Å². The number of rotatable bonds is 6. The number of aryl methyl sites for hydroxylation is 1. The molecule has 0 saturated heterocycles. The van der Waals surface area contributed by atoms with Gasteiger partial charge in [0.2, 0.25) is 0 Å². The minimum absolute atomic E-state index is 0. The molecule has 3 nitrogen and oxygen atoms in total. The first-order chi connectivity index (χ1) is 7.70. The van der Waals surface area contributed by atoms with Crippen molar-refractivity contribution in [2.45, 2.75) is 33.1 Å². The molecule has 17 heavy (non-hydrogen) atoms. The molecule has 1 aromatic rings. The van der Waals surface area contributed by atoms with Crippen molar-refractivity contribution >= 4 is 5.97 Å². The smallest absolute Gasteiger partial charge is 0.545 e. The van der Waals surface area contributed by atoms with Crippen molar-refractivity contribution < 1.29 is 44.2 Å². The topological polar surface area (TPSA) is 49.4 Å². The molecule has 0 amide bonds. The summed E-state index contributed by atoms with van der Waals surface area (Å²) < 4.78 is 5.51. The maximum absolute atomic E-state index is 11.0. The predicted molar refractivity (Wildman–Crippen MR) is 60.6 cm³/mol. The largest absolute Gasteiger partial charge is 1.00 e. The number of ether oxygens (including phenoxy) is 1. The zero-order chi connectivity index (χ0) is 12.0. The van der Waals surface area contributed by atoms with Gasteiger partial charge in [0.05, 0.1) is 12.6 Å². The minimum atomic E-state index is -1.18. The molecular formula is C13H17NaO3. The van der Waals surface area contributed by atoms with E-state index >= 15 is 0 Å². The number of para-hydroxylation sites is 1. The molecule has 0 heterocycles. The molecule has 0 aliphatic rings. The summed E-state index contributed by atoms with van der Waals surface area (Å²) in [5.74, 6) is -0.699. The van der Waals surface area contributed by atoms with E-state index in [2.05, 4.69) is 6.92 Å². The number of carbonyl (C=O) groups excluding carboxylic acids is 1. The third kappa shape index (κ3) is 4.70. The average molecular weight is 244 g/mol. The molecule has 0 bridgehead atoms. The quantitative estimate of drug-likeness (QED) is 0.590. The summed E-state index contributed by atoms with van der Waals surface area (Å²) in [6.07, 6.45) is 2.63. The number of hydrogen-bond donors (Lipinski definition) is 0. The zero-order valence-electron chi connectivity index (χ0n) is 10.8. The summed E-state index contributed by atoms with van der Waals surface area (Å²) >= 11 is 0. The number of carboxylic acid groups (broad SMARTS) is 1. The zero-order valence-corrected chi connectivity index (χ0v) is 12.8. The third-order valence-electron chi connectivity index (χ3n) is 2.29. The van der Waals surface area contributed by atoms with Crippen LogP contribution >= 0.6 is 0 Å². The Bertz CT molecular complexity index is 364. The van der Waals surface area contributed by atoms with Gasteiger partial charge in [-0.2, -0.15) is 0 Å². The molecule has 0 aliphatic heterocycles. The SMILES string of the molecule is CCCOc1c(CCC)cccc1C(=O)[O-].[Na+]. The Kier molecular flexibility index (Phi) is 8.30. The first-order valence-electron chi connectivity index (χ1n) is 5.66. The van der Waals surface area contributed by atoms with E-state index in [4.69, 9.17) is 4.74 Å². The first-order valence-corrected chi connectivity index (χ1v) is 5.66. The van der Waals surface area contributed by atoms with Gasteiger partial charge in [0.15, 0.2) is 0 Å². The molecule has 0 aromatic heterocycles. The molecule has 0 aliphatic carbocycles. The number of aromatic carboxylic acids is 1. The maximum Gasteiger partial charge on any atom is 1.00 e. The Morgan fingerprint density at radius 1 is 1.29 bits per heavy atom. The molecule has 0 atom stereocenters. The first kappa shape index (κ1) is 16.5. The van der Waals surface area contributed by atoms with Gasteiger partial charge in [-0.05, 0) is 24.5 Å². The fourth-order valence-corrected chi connectivity index (χ4v) is 1.59. The van der Waals surface area contributed by atoms with Crippen LogP contribution in [0.5, 0.6) is 5.75 Å². The van der Waals surface area contributed by atoms with Crippen LogP contribution in [0.2, 0.25) is 0 Å². The summed E-state index contributed by atoms with van der Waals surface area (Å²) in [6, 6.07) is 5.16. The Morgan fingerprint density at radius 3 is 2.53 bits per heavy atom. The Labute approximate surface area is 124 Å². The van der Waals surface area contributed by atoms with Gasteiger partial charge in [-0.15, -0.1) is 0 Å². The number of hydrogen-bond acceptors (Lipinski definition) is 3. The average Bonchev–Trinajstić information content (AvgIpc) is 2.27. The van der Waals surface area contributed by atoms with E-state index in [0.29, 0.717) is 12.4 Å². The Morgan fingerprint density at radius 2 is 2.00 bits per heavy atom. The Hall–Kier alpha value is -0.510.